The fraction of sp³-hybridized carbons (Fsp3) is 0.250. The largest absolute Gasteiger partial charge is 0.230 e. The predicted molar refractivity (Wildman–Crippen MR) is 59.3 cm³/mol. The Labute approximate surface area is 92.4 Å². The SMILES string of the molecule is BrCC(Br)n1nnc2ccccc21. The van der Waals surface area contributed by atoms with Crippen molar-refractivity contribution >= 4 is 42.9 Å². The summed E-state index contributed by atoms with van der Waals surface area (Å²) in [6, 6.07) is 7.90. The molecule has 13 heavy (non-hydrogen) atoms. The van der Waals surface area contributed by atoms with Crippen molar-refractivity contribution in [1.29, 1.82) is 0 Å². The Hall–Kier alpha value is -0.420. The van der Waals surface area contributed by atoms with Crippen molar-refractivity contribution in [2.24, 2.45) is 0 Å². The van der Waals surface area contributed by atoms with Gasteiger partial charge in [-0.1, -0.05) is 49.2 Å². The molecule has 0 saturated heterocycles. The Morgan fingerprint density at radius 3 is 2.92 bits per heavy atom. The molecule has 0 aliphatic carbocycles. The summed E-state index contributed by atoms with van der Waals surface area (Å²) in [5.41, 5.74) is 1.97. The second-order valence-electron chi connectivity index (χ2n) is 2.61. The van der Waals surface area contributed by atoms with E-state index in [0.717, 1.165) is 16.4 Å². The van der Waals surface area contributed by atoms with E-state index in [9.17, 15) is 0 Å². The molecule has 1 aromatic heterocycles. The summed E-state index contributed by atoms with van der Waals surface area (Å²) in [5.74, 6) is 0. The molecule has 0 aliphatic heterocycles. The molecule has 1 aromatic carbocycles. The fourth-order valence-electron chi connectivity index (χ4n) is 1.16. The van der Waals surface area contributed by atoms with Gasteiger partial charge in [0, 0.05) is 5.33 Å². The first-order valence-corrected chi connectivity index (χ1v) is 5.86. The summed E-state index contributed by atoms with van der Waals surface area (Å²) in [5, 5.41) is 8.91. The van der Waals surface area contributed by atoms with E-state index >= 15 is 0 Å². The third kappa shape index (κ3) is 1.62. The maximum atomic E-state index is 4.06. The Kier molecular flexibility index (Phi) is 2.64. The molecule has 1 atom stereocenters. The Bertz CT molecular complexity index is 412. The van der Waals surface area contributed by atoms with Gasteiger partial charge in [-0.25, -0.2) is 4.68 Å². The van der Waals surface area contributed by atoms with E-state index in [4.69, 9.17) is 0 Å². The van der Waals surface area contributed by atoms with Crippen LogP contribution in [0, 0.1) is 0 Å². The van der Waals surface area contributed by atoms with Crippen molar-refractivity contribution in [3.05, 3.63) is 24.3 Å². The number of hydrogen-bond acceptors (Lipinski definition) is 2. The second kappa shape index (κ2) is 3.75. The molecule has 0 aliphatic rings. The number of benzene rings is 1. The molecule has 1 unspecified atom stereocenters. The van der Waals surface area contributed by atoms with Crippen LogP contribution in [0.1, 0.15) is 4.95 Å². The third-order valence-electron chi connectivity index (χ3n) is 1.77. The predicted octanol–water partition coefficient (Wildman–Crippen LogP) is 2.72. The molecule has 0 spiro atoms. The van der Waals surface area contributed by atoms with Crippen LogP contribution in [0.4, 0.5) is 0 Å². The van der Waals surface area contributed by atoms with E-state index in [1.165, 1.54) is 0 Å². The summed E-state index contributed by atoms with van der Waals surface area (Å²) in [4.78, 5) is 0.153. The van der Waals surface area contributed by atoms with E-state index in [2.05, 4.69) is 42.2 Å². The van der Waals surface area contributed by atoms with E-state index in [-0.39, 0.29) is 4.95 Å². The minimum absolute atomic E-state index is 0.153. The molecule has 0 saturated carbocycles. The van der Waals surface area contributed by atoms with Crippen molar-refractivity contribution in [1.82, 2.24) is 15.0 Å². The van der Waals surface area contributed by atoms with E-state index in [1.807, 2.05) is 28.9 Å². The van der Waals surface area contributed by atoms with Gasteiger partial charge in [-0.15, -0.1) is 5.10 Å². The molecular formula is C8H7Br2N3. The van der Waals surface area contributed by atoms with Crippen LogP contribution in [0.2, 0.25) is 0 Å². The van der Waals surface area contributed by atoms with Crippen molar-refractivity contribution in [2.75, 3.05) is 5.33 Å². The minimum Gasteiger partial charge on any atom is -0.230 e. The average molecular weight is 305 g/mol. The summed E-state index contributed by atoms with van der Waals surface area (Å²) in [6.45, 7) is 0. The van der Waals surface area contributed by atoms with Crippen molar-refractivity contribution in [2.45, 2.75) is 4.95 Å². The Balaban J connectivity index is 2.57. The van der Waals surface area contributed by atoms with Crippen LogP contribution < -0.4 is 0 Å². The molecule has 2 aromatic rings. The van der Waals surface area contributed by atoms with Crippen LogP contribution in [-0.2, 0) is 0 Å². The zero-order chi connectivity index (χ0) is 9.26. The maximum Gasteiger partial charge on any atom is 0.119 e. The molecule has 0 bridgehead atoms. The first-order valence-electron chi connectivity index (χ1n) is 3.83. The highest BCUT2D eigenvalue weighted by Gasteiger charge is 2.09. The highest BCUT2D eigenvalue weighted by molar-refractivity contribution is 9.11. The third-order valence-corrected chi connectivity index (χ3v) is 3.96. The van der Waals surface area contributed by atoms with Crippen molar-refractivity contribution in [3.63, 3.8) is 0 Å². The van der Waals surface area contributed by atoms with Gasteiger partial charge in [0.05, 0.1) is 5.52 Å². The topological polar surface area (TPSA) is 30.7 Å². The minimum atomic E-state index is 0.153. The number of para-hydroxylation sites is 1. The first-order chi connectivity index (χ1) is 6.33. The Morgan fingerprint density at radius 1 is 1.38 bits per heavy atom. The number of hydrogen-bond donors (Lipinski definition) is 0. The highest BCUT2D eigenvalue weighted by Crippen LogP contribution is 2.21. The lowest BCUT2D eigenvalue weighted by molar-refractivity contribution is 0.648. The number of aromatic nitrogens is 3. The molecule has 68 valence electrons. The number of nitrogens with zero attached hydrogens (tertiary/aromatic N) is 3. The van der Waals surface area contributed by atoms with Crippen LogP contribution in [0.25, 0.3) is 11.0 Å². The monoisotopic (exact) mass is 303 g/mol. The van der Waals surface area contributed by atoms with Gasteiger partial charge in [0.2, 0.25) is 0 Å². The number of fused-ring (bicyclic) bond motifs is 1. The molecule has 0 fully saturated rings. The molecule has 1 heterocycles. The van der Waals surface area contributed by atoms with Gasteiger partial charge >= 0.3 is 0 Å². The number of rotatable bonds is 2. The Morgan fingerprint density at radius 2 is 2.15 bits per heavy atom. The smallest absolute Gasteiger partial charge is 0.119 e. The van der Waals surface area contributed by atoms with Gasteiger partial charge in [0.15, 0.2) is 0 Å². The lowest BCUT2D eigenvalue weighted by atomic mass is 10.3. The molecule has 2 rings (SSSR count). The van der Waals surface area contributed by atoms with Gasteiger partial charge < -0.3 is 0 Å². The van der Waals surface area contributed by atoms with Crippen molar-refractivity contribution in [3.8, 4) is 0 Å². The van der Waals surface area contributed by atoms with Crippen LogP contribution in [0.5, 0.6) is 0 Å². The summed E-state index contributed by atoms with van der Waals surface area (Å²) >= 11 is 6.89. The number of halogens is 2. The summed E-state index contributed by atoms with van der Waals surface area (Å²) in [6.07, 6.45) is 0. The van der Waals surface area contributed by atoms with Crippen LogP contribution in [0.15, 0.2) is 24.3 Å². The zero-order valence-corrected chi connectivity index (χ0v) is 9.86. The van der Waals surface area contributed by atoms with Crippen LogP contribution >= 0.6 is 31.9 Å². The summed E-state index contributed by atoms with van der Waals surface area (Å²) < 4.78 is 1.85. The fourth-order valence-corrected chi connectivity index (χ4v) is 1.74. The molecule has 3 nitrogen and oxygen atoms in total. The van der Waals surface area contributed by atoms with Gasteiger partial charge in [-0.3, -0.25) is 0 Å². The maximum absolute atomic E-state index is 4.06. The number of alkyl halides is 2. The second-order valence-corrected chi connectivity index (χ2v) is 4.32. The molecule has 0 amide bonds. The zero-order valence-electron chi connectivity index (χ0n) is 6.69. The summed E-state index contributed by atoms with van der Waals surface area (Å²) in [7, 11) is 0. The van der Waals surface area contributed by atoms with Crippen LogP contribution in [-0.4, -0.2) is 20.3 Å². The molecule has 0 N–H and O–H groups in total. The van der Waals surface area contributed by atoms with Gasteiger partial charge in [-0.2, -0.15) is 0 Å². The van der Waals surface area contributed by atoms with E-state index in [1.54, 1.807) is 0 Å². The van der Waals surface area contributed by atoms with E-state index in [0.29, 0.717) is 0 Å². The molecule has 0 radical (unpaired) electrons. The van der Waals surface area contributed by atoms with Crippen LogP contribution in [0.3, 0.4) is 0 Å². The quantitative estimate of drug-likeness (QED) is 0.799. The van der Waals surface area contributed by atoms with Gasteiger partial charge in [0.25, 0.3) is 0 Å². The van der Waals surface area contributed by atoms with Crippen molar-refractivity contribution < 1.29 is 0 Å². The highest BCUT2D eigenvalue weighted by atomic mass is 79.9. The van der Waals surface area contributed by atoms with E-state index < -0.39 is 0 Å². The normalized spacial score (nSPS) is 13.4. The lowest BCUT2D eigenvalue weighted by Crippen LogP contribution is -2.04. The molecular weight excluding hydrogens is 298 g/mol. The van der Waals surface area contributed by atoms with Gasteiger partial charge in [-0.05, 0) is 12.1 Å². The first kappa shape index (κ1) is 9.15. The standard InChI is InChI=1S/C8H7Br2N3/c9-5-8(10)13-7-4-2-1-3-6(7)11-12-13/h1-4,8H,5H2. The average Bonchev–Trinajstić information content (AvgIpc) is 2.60. The van der Waals surface area contributed by atoms with Gasteiger partial charge in [0.1, 0.15) is 10.5 Å². The molecule has 5 heteroatoms. The lowest BCUT2D eigenvalue weighted by Gasteiger charge is -2.05.